The molecule has 4 heteroatoms. The Morgan fingerprint density at radius 1 is 1.11 bits per heavy atom. The van der Waals surface area contributed by atoms with Crippen molar-refractivity contribution in [2.45, 2.75) is 70.4 Å². The van der Waals surface area contributed by atoms with Gasteiger partial charge in [0.2, 0.25) is 11.6 Å². The smallest absolute Gasteiger partial charge is 0.230 e. The third-order valence-electron chi connectivity index (χ3n) is 6.62. The Hall–Kier alpha value is -0.610. The van der Waals surface area contributed by atoms with Gasteiger partial charge in [-0.1, -0.05) is 33.1 Å². The summed E-state index contributed by atoms with van der Waals surface area (Å²) < 4.78 is 11.3. The van der Waals surface area contributed by atoms with Crippen LogP contribution in [0.15, 0.2) is 0 Å². The van der Waals surface area contributed by atoms with Crippen LogP contribution in [0.5, 0.6) is 0 Å². The molecule has 0 N–H and O–H groups in total. The van der Waals surface area contributed by atoms with Crippen molar-refractivity contribution in [3.63, 3.8) is 0 Å². The molecule has 2 saturated heterocycles. The molecule has 19 heavy (non-hydrogen) atoms. The first-order chi connectivity index (χ1) is 8.87. The van der Waals surface area contributed by atoms with E-state index in [1.54, 1.807) is 0 Å². The average Bonchev–Trinajstić information content (AvgIpc) is 3.14. The van der Waals surface area contributed by atoms with Crippen LogP contribution in [0.4, 0.5) is 0 Å². The summed E-state index contributed by atoms with van der Waals surface area (Å²) in [5.41, 5.74) is -0.211. The molecule has 0 radical (unpaired) electrons. The fourth-order valence-electron chi connectivity index (χ4n) is 4.92. The maximum absolute atomic E-state index is 11.7. The molecule has 2 aliphatic carbocycles. The van der Waals surface area contributed by atoms with Gasteiger partial charge in [-0.05, 0) is 23.7 Å². The second-order valence-corrected chi connectivity index (χ2v) is 7.50. The van der Waals surface area contributed by atoms with E-state index in [9.17, 15) is 9.90 Å². The first-order valence-corrected chi connectivity index (χ1v) is 7.48. The Morgan fingerprint density at radius 2 is 1.74 bits per heavy atom. The highest BCUT2D eigenvalue weighted by Crippen LogP contribution is 2.80. The Morgan fingerprint density at radius 3 is 2.32 bits per heavy atom. The molecule has 2 heterocycles. The molecule has 4 fully saturated rings. The van der Waals surface area contributed by atoms with Crippen LogP contribution in [0.3, 0.4) is 0 Å². The Labute approximate surface area is 113 Å². The predicted molar refractivity (Wildman–Crippen MR) is 64.7 cm³/mol. The van der Waals surface area contributed by atoms with Gasteiger partial charge in [-0.3, -0.25) is 0 Å². The zero-order valence-corrected chi connectivity index (χ0v) is 11.7. The molecular weight excluding hydrogens is 244 g/mol. The van der Waals surface area contributed by atoms with E-state index in [1.807, 2.05) is 0 Å². The van der Waals surface area contributed by atoms with E-state index in [-0.39, 0.29) is 10.8 Å². The Bertz CT molecular complexity index is 445. The van der Waals surface area contributed by atoms with Crippen LogP contribution in [0.25, 0.3) is 0 Å². The second kappa shape index (κ2) is 3.17. The minimum atomic E-state index is -0.928. The third kappa shape index (κ3) is 1.30. The first-order valence-electron chi connectivity index (χ1n) is 7.48. The van der Waals surface area contributed by atoms with Gasteiger partial charge in [0, 0.05) is 24.7 Å². The summed E-state index contributed by atoms with van der Waals surface area (Å²) >= 11 is 0. The molecular formula is C15H21O4-. The molecule has 0 aromatic heterocycles. The molecule has 2 atom stereocenters. The number of aliphatic carboxylic acids is 1. The molecule has 2 saturated carbocycles. The van der Waals surface area contributed by atoms with Crippen LogP contribution in [0.1, 0.15) is 58.8 Å². The lowest BCUT2D eigenvalue weighted by atomic mass is 9.50. The molecule has 0 spiro atoms. The molecule has 0 aromatic rings. The number of carbonyl (C=O) groups excluding carboxylic acids is 1. The third-order valence-corrected chi connectivity index (χ3v) is 6.62. The van der Waals surface area contributed by atoms with Gasteiger partial charge in [-0.2, -0.15) is 0 Å². The zero-order chi connectivity index (χ0) is 13.5. The van der Waals surface area contributed by atoms with E-state index in [0.717, 1.165) is 19.3 Å². The number of hydrogen-bond acceptors (Lipinski definition) is 4. The number of hydrogen-bond donors (Lipinski definition) is 0. The highest BCUT2D eigenvalue weighted by Gasteiger charge is 2.94. The SMILES string of the molecule is CC1(C2(C)CC34OC3(CC2C(=O)[O-])O4)CCCCC1. The Kier molecular flexibility index (Phi) is 2.03. The summed E-state index contributed by atoms with van der Waals surface area (Å²) in [5, 5.41) is 11.7. The van der Waals surface area contributed by atoms with Crippen LogP contribution in [0.2, 0.25) is 0 Å². The van der Waals surface area contributed by atoms with Crippen molar-refractivity contribution in [2.24, 2.45) is 16.7 Å². The van der Waals surface area contributed by atoms with E-state index < -0.39 is 23.5 Å². The van der Waals surface area contributed by atoms with E-state index in [1.165, 1.54) is 19.3 Å². The number of carboxylic acids is 1. The fourth-order valence-corrected chi connectivity index (χ4v) is 4.92. The van der Waals surface area contributed by atoms with Crippen molar-refractivity contribution < 1.29 is 19.4 Å². The van der Waals surface area contributed by atoms with Gasteiger partial charge >= 0.3 is 0 Å². The summed E-state index contributed by atoms with van der Waals surface area (Å²) in [4.78, 5) is 11.7. The summed E-state index contributed by atoms with van der Waals surface area (Å²) in [6.07, 6.45) is 7.07. The van der Waals surface area contributed by atoms with Gasteiger partial charge in [0.15, 0.2) is 0 Å². The van der Waals surface area contributed by atoms with Gasteiger partial charge in [-0.25, -0.2) is 0 Å². The van der Waals surface area contributed by atoms with Gasteiger partial charge in [0.1, 0.15) is 0 Å². The lowest BCUT2D eigenvalue weighted by Crippen LogP contribution is -2.53. The maximum atomic E-state index is 11.7. The van der Waals surface area contributed by atoms with E-state index in [4.69, 9.17) is 9.47 Å². The zero-order valence-electron chi connectivity index (χ0n) is 11.7. The highest BCUT2D eigenvalue weighted by molar-refractivity contribution is 5.70. The van der Waals surface area contributed by atoms with Gasteiger partial charge in [-0.15, -0.1) is 0 Å². The van der Waals surface area contributed by atoms with Crippen LogP contribution in [0, 0.1) is 16.7 Å². The summed E-state index contributed by atoms with van der Waals surface area (Å²) in [5.74, 6) is -2.34. The lowest BCUT2D eigenvalue weighted by molar-refractivity contribution is -0.319. The Balaban J connectivity index is 1.71. The summed E-state index contributed by atoms with van der Waals surface area (Å²) in [6, 6.07) is 0. The van der Waals surface area contributed by atoms with Crippen molar-refractivity contribution in [3.8, 4) is 0 Å². The van der Waals surface area contributed by atoms with Crippen LogP contribution in [-0.4, -0.2) is 17.5 Å². The first kappa shape index (κ1) is 12.2. The number of rotatable bonds is 2. The normalized spacial score (nSPS) is 53.9. The standard InChI is InChI=1S/C15H22O4/c1-12(6-4-3-5-7-12)13(2)9-15-14(18-15,19-15)8-10(13)11(16)17/h10H,3-9H2,1-2H3,(H,16,17)/p-1. The van der Waals surface area contributed by atoms with E-state index >= 15 is 0 Å². The number of ether oxygens (including phenoxy) is 2. The highest BCUT2D eigenvalue weighted by atomic mass is 17.0. The fraction of sp³-hybridized carbons (Fsp3) is 0.933. The molecule has 106 valence electrons. The van der Waals surface area contributed by atoms with Gasteiger partial charge < -0.3 is 19.4 Å². The summed E-state index contributed by atoms with van der Waals surface area (Å²) in [6.45, 7) is 4.39. The topological polar surface area (TPSA) is 65.2 Å². The van der Waals surface area contributed by atoms with Crippen LogP contribution >= 0.6 is 0 Å². The van der Waals surface area contributed by atoms with Gasteiger partial charge in [0.25, 0.3) is 0 Å². The second-order valence-electron chi connectivity index (χ2n) is 7.50. The number of carbonyl (C=O) groups is 1. The number of carboxylic acid groups (broad SMARTS) is 1. The maximum Gasteiger partial charge on any atom is 0.230 e. The van der Waals surface area contributed by atoms with Crippen molar-refractivity contribution in [1.82, 2.24) is 0 Å². The predicted octanol–water partition coefficient (Wildman–Crippen LogP) is 1.58. The molecule has 0 aromatic carbocycles. The van der Waals surface area contributed by atoms with Crippen molar-refractivity contribution >= 4 is 5.97 Å². The van der Waals surface area contributed by atoms with E-state index in [2.05, 4.69) is 13.8 Å². The van der Waals surface area contributed by atoms with Crippen molar-refractivity contribution in [1.29, 1.82) is 0 Å². The van der Waals surface area contributed by atoms with Crippen molar-refractivity contribution in [2.75, 3.05) is 0 Å². The van der Waals surface area contributed by atoms with Gasteiger partial charge in [0.05, 0.1) is 0 Å². The molecule has 0 amide bonds. The monoisotopic (exact) mass is 265 g/mol. The largest absolute Gasteiger partial charge is 0.550 e. The molecule has 4 rings (SSSR count). The molecule has 0 bridgehead atoms. The van der Waals surface area contributed by atoms with Crippen molar-refractivity contribution in [3.05, 3.63) is 0 Å². The minimum Gasteiger partial charge on any atom is -0.550 e. The molecule has 4 aliphatic rings. The lowest BCUT2D eigenvalue weighted by Gasteiger charge is -2.54. The van der Waals surface area contributed by atoms with Crippen LogP contribution in [-0.2, 0) is 14.3 Å². The molecule has 4 nitrogen and oxygen atoms in total. The van der Waals surface area contributed by atoms with E-state index in [0.29, 0.717) is 6.42 Å². The van der Waals surface area contributed by atoms with Crippen LogP contribution < -0.4 is 5.11 Å². The summed E-state index contributed by atoms with van der Waals surface area (Å²) in [7, 11) is 0. The molecule has 2 aliphatic heterocycles. The number of epoxide rings is 2. The minimum absolute atomic E-state index is 0.0643. The average molecular weight is 265 g/mol. The molecule has 2 unspecified atom stereocenters. The quantitative estimate of drug-likeness (QED) is 0.711.